The van der Waals surface area contributed by atoms with E-state index in [4.69, 9.17) is 11.1 Å². The van der Waals surface area contributed by atoms with Crippen molar-refractivity contribution in [2.75, 3.05) is 38.5 Å². The lowest BCUT2D eigenvalue weighted by atomic mass is 10.3. The van der Waals surface area contributed by atoms with Crippen molar-refractivity contribution in [3.05, 3.63) is 5.69 Å². The first-order valence-electron chi connectivity index (χ1n) is 6.76. The summed E-state index contributed by atoms with van der Waals surface area (Å²) in [6.07, 6.45) is 0.794. The standard InChI is InChI=1S/C10H20N8O3S/c1-18(7-2-3-13-6-7)22(19,20)15-5-4-14-10-8(9(11)12)16-21-17-10/h7,13,15H,2-6H2,1H3,(H3,11,12)(H,14,17). The highest BCUT2D eigenvalue weighted by Crippen LogP contribution is 2.10. The molecule has 1 aliphatic rings. The number of hydrogen-bond donors (Lipinski definition) is 5. The van der Waals surface area contributed by atoms with E-state index in [1.165, 1.54) is 4.31 Å². The number of nitrogens with two attached hydrogens (primary N) is 1. The maximum Gasteiger partial charge on any atom is 0.279 e. The first-order chi connectivity index (χ1) is 10.4. The molecular weight excluding hydrogens is 312 g/mol. The lowest BCUT2D eigenvalue weighted by Crippen LogP contribution is -2.46. The first-order valence-corrected chi connectivity index (χ1v) is 8.20. The van der Waals surface area contributed by atoms with Gasteiger partial charge in [-0.1, -0.05) is 0 Å². The SMILES string of the molecule is CN(C1CCNC1)S(=O)(=O)NCCNc1nonc1C(=N)N. The summed E-state index contributed by atoms with van der Waals surface area (Å²) in [5.41, 5.74) is 5.39. The van der Waals surface area contributed by atoms with Gasteiger partial charge in [-0.25, -0.2) is 9.35 Å². The fourth-order valence-electron chi connectivity index (χ4n) is 2.09. The minimum Gasteiger partial charge on any atom is -0.382 e. The number of amidine groups is 1. The highest BCUT2D eigenvalue weighted by molar-refractivity contribution is 7.87. The van der Waals surface area contributed by atoms with Crippen LogP contribution in [0.1, 0.15) is 12.1 Å². The Kier molecular flexibility index (Phi) is 5.28. The van der Waals surface area contributed by atoms with Crippen molar-refractivity contribution in [1.29, 1.82) is 5.41 Å². The molecule has 0 aromatic carbocycles. The summed E-state index contributed by atoms with van der Waals surface area (Å²) in [7, 11) is -1.98. The summed E-state index contributed by atoms with van der Waals surface area (Å²) in [5.74, 6) is -0.0714. The van der Waals surface area contributed by atoms with Gasteiger partial charge in [0.15, 0.2) is 5.69 Å². The summed E-state index contributed by atoms with van der Waals surface area (Å²) in [6, 6.07) is -0.0329. The van der Waals surface area contributed by atoms with E-state index in [1.54, 1.807) is 7.05 Å². The second kappa shape index (κ2) is 7.00. The van der Waals surface area contributed by atoms with E-state index in [0.29, 0.717) is 6.54 Å². The Hall–Kier alpha value is -1.76. The molecule has 2 heterocycles. The van der Waals surface area contributed by atoms with Gasteiger partial charge in [0.05, 0.1) is 0 Å². The van der Waals surface area contributed by atoms with E-state index in [1.807, 2.05) is 0 Å². The molecule has 1 aromatic rings. The predicted octanol–water partition coefficient (Wildman–Crippen LogP) is -2.11. The van der Waals surface area contributed by atoms with Crippen molar-refractivity contribution < 1.29 is 13.0 Å². The molecule has 1 unspecified atom stereocenters. The molecule has 124 valence electrons. The lowest BCUT2D eigenvalue weighted by molar-refractivity contribution is 0.307. The van der Waals surface area contributed by atoms with Crippen molar-refractivity contribution in [3.63, 3.8) is 0 Å². The van der Waals surface area contributed by atoms with E-state index < -0.39 is 10.2 Å². The first kappa shape index (κ1) is 16.6. The van der Waals surface area contributed by atoms with Crippen LogP contribution >= 0.6 is 0 Å². The Morgan fingerprint density at radius 2 is 2.32 bits per heavy atom. The van der Waals surface area contributed by atoms with Crippen LogP contribution in [0.15, 0.2) is 4.63 Å². The van der Waals surface area contributed by atoms with E-state index in [9.17, 15) is 8.42 Å². The molecule has 0 aliphatic carbocycles. The Bertz CT molecular complexity index is 609. The Morgan fingerprint density at radius 3 is 2.95 bits per heavy atom. The second-order valence-electron chi connectivity index (χ2n) is 4.86. The highest BCUT2D eigenvalue weighted by Gasteiger charge is 2.28. The number of aromatic nitrogens is 2. The van der Waals surface area contributed by atoms with Crippen molar-refractivity contribution in [2.24, 2.45) is 5.73 Å². The van der Waals surface area contributed by atoms with Crippen LogP contribution in [-0.2, 0) is 10.2 Å². The molecule has 2 rings (SSSR count). The van der Waals surface area contributed by atoms with Crippen LogP contribution in [0.25, 0.3) is 0 Å². The van der Waals surface area contributed by atoms with Crippen LogP contribution in [0.2, 0.25) is 0 Å². The van der Waals surface area contributed by atoms with Gasteiger partial charge in [-0.2, -0.15) is 12.7 Å². The molecule has 22 heavy (non-hydrogen) atoms. The van der Waals surface area contributed by atoms with Crippen molar-refractivity contribution >= 4 is 21.9 Å². The van der Waals surface area contributed by atoms with E-state index in [0.717, 1.165) is 13.0 Å². The molecule has 11 nitrogen and oxygen atoms in total. The maximum absolute atomic E-state index is 12.1. The molecule has 1 aliphatic heterocycles. The Balaban J connectivity index is 1.80. The van der Waals surface area contributed by atoms with Gasteiger partial charge in [0, 0.05) is 32.7 Å². The van der Waals surface area contributed by atoms with Gasteiger partial charge in [-0.3, -0.25) is 5.41 Å². The number of nitrogen functional groups attached to an aromatic ring is 1. The van der Waals surface area contributed by atoms with Gasteiger partial charge in [-0.05, 0) is 23.3 Å². The normalized spacial score (nSPS) is 18.7. The molecule has 6 N–H and O–H groups in total. The monoisotopic (exact) mass is 332 g/mol. The van der Waals surface area contributed by atoms with Crippen LogP contribution in [0.5, 0.6) is 0 Å². The zero-order valence-corrected chi connectivity index (χ0v) is 13.0. The number of nitrogens with zero attached hydrogens (tertiary/aromatic N) is 3. The zero-order chi connectivity index (χ0) is 16.2. The molecule has 1 saturated heterocycles. The number of nitrogens with one attached hydrogen (secondary N) is 4. The summed E-state index contributed by atoms with van der Waals surface area (Å²) >= 11 is 0. The smallest absolute Gasteiger partial charge is 0.279 e. The van der Waals surface area contributed by atoms with Gasteiger partial charge in [0.25, 0.3) is 10.2 Å². The van der Waals surface area contributed by atoms with Crippen molar-refractivity contribution in [2.45, 2.75) is 12.5 Å². The topological polar surface area (TPSA) is 162 Å². The fourth-order valence-corrected chi connectivity index (χ4v) is 3.23. The van der Waals surface area contributed by atoms with Gasteiger partial charge < -0.3 is 16.4 Å². The van der Waals surface area contributed by atoms with Gasteiger partial charge in [0.1, 0.15) is 5.84 Å². The molecule has 0 amide bonds. The Morgan fingerprint density at radius 1 is 1.55 bits per heavy atom. The maximum atomic E-state index is 12.1. The summed E-state index contributed by atoms with van der Waals surface area (Å²) in [6.45, 7) is 1.88. The molecule has 0 saturated carbocycles. The van der Waals surface area contributed by atoms with Gasteiger partial charge >= 0.3 is 0 Å². The van der Waals surface area contributed by atoms with E-state index >= 15 is 0 Å². The van der Waals surface area contributed by atoms with Gasteiger partial charge in [-0.15, -0.1) is 0 Å². The van der Waals surface area contributed by atoms with Crippen LogP contribution in [0.4, 0.5) is 5.82 Å². The third-order valence-electron chi connectivity index (χ3n) is 3.37. The predicted molar refractivity (Wildman–Crippen MR) is 79.8 cm³/mol. The van der Waals surface area contributed by atoms with E-state index in [-0.39, 0.29) is 36.5 Å². The third-order valence-corrected chi connectivity index (χ3v) is 5.00. The molecular formula is C10H20N8O3S. The largest absolute Gasteiger partial charge is 0.382 e. The number of hydrogen-bond acceptors (Lipinski definition) is 8. The van der Waals surface area contributed by atoms with E-state index in [2.05, 4.69) is 30.3 Å². The van der Waals surface area contributed by atoms with Crippen molar-refractivity contribution in [3.8, 4) is 0 Å². The quantitative estimate of drug-likeness (QED) is 0.205. The highest BCUT2D eigenvalue weighted by atomic mass is 32.2. The molecule has 1 aromatic heterocycles. The van der Waals surface area contributed by atoms with Crippen LogP contribution in [0, 0.1) is 5.41 Å². The fraction of sp³-hybridized carbons (Fsp3) is 0.700. The average Bonchev–Trinajstić information content (AvgIpc) is 3.13. The van der Waals surface area contributed by atoms with Gasteiger partial charge in [0.2, 0.25) is 5.82 Å². The third kappa shape index (κ3) is 3.91. The van der Waals surface area contributed by atoms with Crippen LogP contribution in [-0.4, -0.2) is 68.1 Å². The summed E-state index contributed by atoms with van der Waals surface area (Å²) < 4.78 is 32.5. The molecule has 1 atom stereocenters. The lowest BCUT2D eigenvalue weighted by Gasteiger charge is -2.23. The molecule has 1 fully saturated rings. The van der Waals surface area contributed by atoms with Crippen molar-refractivity contribution in [1.82, 2.24) is 24.7 Å². The number of likely N-dealkylation sites (N-methyl/N-ethyl adjacent to an activating group) is 1. The Labute approximate surface area is 128 Å². The van der Waals surface area contributed by atoms with Crippen LogP contribution < -0.4 is 21.1 Å². The van der Waals surface area contributed by atoms with Crippen LogP contribution in [0.3, 0.4) is 0 Å². The summed E-state index contributed by atoms with van der Waals surface area (Å²) in [5, 5.41) is 20.2. The molecule has 0 spiro atoms. The molecule has 0 radical (unpaired) electrons. The zero-order valence-electron chi connectivity index (χ0n) is 12.2. The average molecular weight is 332 g/mol. The minimum absolute atomic E-state index is 0.0329. The number of anilines is 1. The molecule has 0 bridgehead atoms. The minimum atomic E-state index is -3.53. The second-order valence-corrected chi connectivity index (χ2v) is 6.68. The number of rotatable bonds is 8. The molecule has 12 heteroatoms. The summed E-state index contributed by atoms with van der Waals surface area (Å²) in [4.78, 5) is 0.